The number of thiazole rings is 1. The smallest absolute Gasteiger partial charge is 0.271 e. The van der Waals surface area contributed by atoms with Gasteiger partial charge in [-0.2, -0.15) is 0 Å². The number of rotatable bonds is 4. The fraction of sp³-hybridized carbons (Fsp3) is 0.167. The van der Waals surface area contributed by atoms with Crippen LogP contribution in [0.1, 0.15) is 21.9 Å². The number of hydrogen-bond acceptors (Lipinski definition) is 5. The van der Waals surface area contributed by atoms with Gasteiger partial charge in [0.1, 0.15) is 5.69 Å². The Morgan fingerprint density at radius 1 is 1.35 bits per heavy atom. The van der Waals surface area contributed by atoms with Gasteiger partial charge in [0.2, 0.25) is 0 Å². The van der Waals surface area contributed by atoms with Crippen molar-refractivity contribution in [3.63, 3.8) is 0 Å². The summed E-state index contributed by atoms with van der Waals surface area (Å²) in [7, 11) is 1.74. The van der Waals surface area contributed by atoms with Crippen molar-refractivity contribution in [2.45, 2.75) is 13.5 Å². The second-order valence-electron chi connectivity index (χ2n) is 6.00. The van der Waals surface area contributed by atoms with E-state index in [9.17, 15) is 4.79 Å². The van der Waals surface area contributed by atoms with Gasteiger partial charge in [-0.1, -0.05) is 28.9 Å². The molecule has 0 atom stereocenters. The minimum atomic E-state index is -0.106. The van der Waals surface area contributed by atoms with E-state index >= 15 is 0 Å². The molecule has 0 saturated heterocycles. The van der Waals surface area contributed by atoms with E-state index in [1.165, 1.54) is 11.3 Å². The van der Waals surface area contributed by atoms with Gasteiger partial charge < -0.3 is 9.42 Å². The summed E-state index contributed by atoms with van der Waals surface area (Å²) in [4.78, 5) is 19.8. The lowest BCUT2D eigenvalue weighted by atomic mass is 10.2. The molecule has 0 radical (unpaired) electrons. The number of aromatic nitrogens is 3. The average molecular weight is 387 g/mol. The van der Waals surface area contributed by atoms with E-state index in [0.717, 1.165) is 21.9 Å². The maximum Gasteiger partial charge on any atom is 0.271 e. The molecule has 0 spiro atoms. The molecule has 8 heteroatoms. The van der Waals surface area contributed by atoms with Crippen LogP contribution in [0.5, 0.6) is 0 Å². The minimum absolute atomic E-state index is 0.106. The monoisotopic (exact) mass is 386 g/mol. The molecule has 6 nitrogen and oxygen atoms in total. The van der Waals surface area contributed by atoms with E-state index in [4.69, 9.17) is 16.1 Å². The fourth-order valence-corrected chi connectivity index (χ4v) is 3.66. The van der Waals surface area contributed by atoms with Crippen molar-refractivity contribution in [3.8, 4) is 11.3 Å². The Balaban J connectivity index is 1.61. The Bertz CT molecular complexity index is 1080. The number of carbonyl (C=O) groups is 1. The zero-order chi connectivity index (χ0) is 18.3. The van der Waals surface area contributed by atoms with Crippen LogP contribution < -0.4 is 0 Å². The van der Waals surface area contributed by atoms with Gasteiger partial charge in [-0.25, -0.2) is 4.98 Å². The van der Waals surface area contributed by atoms with Crippen LogP contribution in [0.4, 0.5) is 0 Å². The van der Waals surface area contributed by atoms with Gasteiger partial charge in [0.05, 0.1) is 17.9 Å². The fourth-order valence-electron chi connectivity index (χ4n) is 2.69. The topological polar surface area (TPSA) is 63.6 Å². The first-order valence-corrected chi connectivity index (χ1v) is 9.17. The maximum absolute atomic E-state index is 12.8. The van der Waals surface area contributed by atoms with E-state index in [2.05, 4.69) is 10.1 Å². The molecule has 0 aliphatic heterocycles. The molecule has 4 rings (SSSR count). The number of hydrogen-bond donors (Lipinski definition) is 0. The van der Waals surface area contributed by atoms with E-state index in [1.54, 1.807) is 11.9 Å². The summed E-state index contributed by atoms with van der Waals surface area (Å²) in [6.45, 7) is 2.21. The molecule has 1 amide bonds. The van der Waals surface area contributed by atoms with Crippen molar-refractivity contribution in [3.05, 3.63) is 64.1 Å². The van der Waals surface area contributed by atoms with Crippen LogP contribution in [0.15, 0.2) is 46.4 Å². The highest BCUT2D eigenvalue weighted by molar-refractivity contribution is 7.15. The highest BCUT2D eigenvalue weighted by atomic mass is 35.5. The predicted octanol–water partition coefficient (Wildman–Crippen LogP) is 4.28. The van der Waals surface area contributed by atoms with Crippen molar-refractivity contribution < 1.29 is 9.32 Å². The molecule has 0 N–H and O–H groups in total. The number of carbonyl (C=O) groups excluding carboxylic acids is 1. The lowest BCUT2D eigenvalue weighted by molar-refractivity contribution is 0.0765. The van der Waals surface area contributed by atoms with Crippen molar-refractivity contribution >= 4 is 33.8 Å². The highest BCUT2D eigenvalue weighted by Gasteiger charge is 2.19. The van der Waals surface area contributed by atoms with Crippen LogP contribution in [0.2, 0.25) is 5.02 Å². The molecule has 3 aromatic heterocycles. The van der Waals surface area contributed by atoms with Crippen LogP contribution in [0.3, 0.4) is 0 Å². The van der Waals surface area contributed by atoms with E-state index in [0.29, 0.717) is 23.0 Å². The van der Waals surface area contributed by atoms with Gasteiger partial charge >= 0.3 is 0 Å². The predicted molar refractivity (Wildman–Crippen MR) is 101 cm³/mol. The number of benzene rings is 1. The first-order chi connectivity index (χ1) is 12.5. The molecular formula is C18H15ClN4O2S. The number of aryl methyl sites for hydroxylation is 1. The van der Waals surface area contributed by atoms with Crippen molar-refractivity contribution in [1.29, 1.82) is 0 Å². The highest BCUT2D eigenvalue weighted by Crippen LogP contribution is 2.25. The quantitative estimate of drug-likeness (QED) is 0.525. The molecule has 0 unspecified atom stereocenters. The van der Waals surface area contributed by atoms with Crippen molar-refractivity contribution in [1.82, 2.24) is 19.4 Å². The lowest BCUT2D eigenvalue weighted by Crippen LogP contribution is -2.27. The van der Waals surface area contributed by atoms with Crippen molar-refractivity contribution in [2.24, 2.45) is 0 Å². The Morgan fingerprint density at radius 3 is 2.81 bits per heavy atom. The summed E-state index contributed by atoms with van der Waals surface area (Å²) in [6, 6.07) is 9.29. The van der Waals surface area contributed by atoms with Gasteiger partial charge in [-0.05, 0) is 19.1 Å². The van der Waals surface area contributed by atoms with Crippen LogP contribution in [0, 0.1) is 6.92 Å². The first-order valence-electron chi connectivity index (χ1n) is 7.91. The first kappa shape index (κ1) is 16.8. The van der Waals surface area contributed by atoms with Crippen LogP contribution in [0.25, 0.3) is 16.2 Å². The second-order valence-corrected chi connectivity index (χ2v) is 7.28. The molecule has 0 fully saturated rings. The van der Waals surface area contributed by atoms with Crippen molar-refractivity contribution in [2.75, 3.05) is 7.05 Å². The molecule has 0 saturated carbocycles. The maximum atomic E-state index is 12.8. The number of nitrogens with zero attached hydrogens (tertiary/aromatic N) is 4. The molecule has 0 bridgehead atoms. The SMILES string of the molecule is Cc1cc(CN(C)C(=O)c2csc3nc(-c4ccc(Cl)cc4)cn23)on1. The third-order valence-electron chi connectivity index (χ3n) is 3.98. The molecule has 3 heterocycles. The number of imidazole rings is 1. The third-order valence-corrected chi connectivity index (χ3v) is 5.08. The van der Waals surface area contributed by atoms with Gasteiger partial charge in [-0.15, -0.1) is 11.3 Å². The molecule has 0 aliphatic carbocycles. The molecule has 132 valence electrons. The minimum Gasteiger partial charge on any atom is -0.359 e. The summed E-state index contributed by atoms with van der Waals surface area (Å²) in [5, 5.41) is 6.34. The third kappa shape index (κ3) is 3.11. The van der Waals surface area contributed by atoms with Gasteiger partial charge in [-0.3, -0.25) is 9.20 Å². The number of fused-ring (bicyclic) bond motifs is 1. The van der Waals surface area contributed by atoms with E-state index < -0.39 is 0 Å². The zero-order valence-electron chi connectivity index (χ0n) is 14.1. The molecule has 4 aromatic rings. The summed E-state index contributed by atoms with van der Waals surface area (Å²) in [6.07, 6.45) is 1.87. The van der Waals surface area contributed by atoms with E-state index in [1.807, 2.05) is 53.2 Å². The zero-order valence-corrected chi connectivity index (χ0v) is 15.7. The van der Waals surface area contributed by atoms with E-state index in [-0.39, 0.29) is 5.91 Å². The Kier molecular flexibility index (Phi) is 4.26. The Labute approximate surface area is 158 Å². The largest absolute Gasteiger partial charge is 0.359 e. The summed E-state index contributed by atoms with van der Waals surface area (Å²) >= 11 is 7.37. The molecule has 26 heavy (non-hydrogen) atoms. The molecule has 1 aromatic carbocycles. The number of halogens is 1. The van der Waals surface area contributed by atoms with Crippen LogP contribution in [-0.2, 0) is 6.54 Å². The summed E-state index contributed by atoms with van der Waals surface area (Å²) < 4.78 is 7.01. The Hall–Kier alpha value is -2.64. The second kappa shape index (κ2) is 6.59. The summed E-state index contributed by atoms with van der Waals surface area (Å²) in [5.41, 5.74) is 3.11. The van der Waals surface area contributed by atoms with Crippen LogP contribution in [-0.4, -0.2) is 32.4 Å². The lowest BCUT2D eigenvalue weighted by Gasteiger charge is -2.14. The van der Waals surface area contributed by atoms with Crippen LogP contribution >= 0.6 is 22.9 Å². The van der Waals surface area contributed by atoms with Gasteiger partial charge in [0.25, 0.3) is 5.91 Å². The summed E-state index contributed by atoms with van der Waals surface area (Å²) in [5.74, 6) is 0.544. The van der Waals surface area contributed by atoms with Gasteiger partial charge in [0.15, 0.2) is 10.7 Å². The standard InChI is InChI=1S/C18H15ClN4O2S/c1-11-7-14(25-21-11)8-22(2)17(24)16-10-26-18-20-15(9-23(16)18)12-3-5-13(19)6-4-12/h3-7,9-10H,8H2,1-2H3. The number of amides is 1. The van der Waals surface area contributed by atoms with Gasteiger partial charge in [0, 0.05) is 35.3 Å². The molecular weight excluding hydrogens is 372 g/mol. The Morgan fingerprint density at radius 2 is 2.12 bits per heavy atom. The normalized spacial score (nSPS) is 11.2. The molecule has 0 aliphatic rings. The average Bonchev–Trinajstić information content (AvgIpc) is 3.30.